The largest absolute Gasteiger partial charge is 0.321 e. The second-order valence-corrected chi connectivity index (χ2v) is 5.19. The molecule has 1 heterocycles. The number of carbonyl (C=O) groups is 1. The fraction of sp³-hybridized carbons (Fsp3) is 0.0769. The third-order valence-corrected chi connectivity index (χ3v) is 3.23. The molecule has 2 rings (SSSR count). The molecule has 0 radical (unpaired) electrons. The molecule has 1 aromatic carbocycles. The number of nitrogens with one attached hydrogen (secondary N) is 1. The average molecular weight is 392 g/mol. The molecule has 1 amide bonds. The molecule has 0 aliphatic heterocycles. The summed E-state index contributed by atoms with van der Waals surface area (Å²) in [7, 11) is 0. The first-order valence-corrected chi connectivity index (χ1v) is 6.56. The van der Waals surface area contributed by atoms with Crippen molar-refractivity contribution in [3.05, 3.63) is 56.7 Å². The first-order valence-electron chi connectivity index (χ1n) is 5.48. The second-order valence-electron chi connectivity index (χ2n) is 3.95. The topological polar surface area (TPSA) is 42.0 Å². The van der Waals surface area contributed by atoms with Gasteiger partial charge in [-0.3, -0.25) is 4.79 Å². The van der Waals surface area contributed by atoms with Crippen LogP contribution in [0.3, 0.4) is 0 Å². The van der Waals surface area contributed by atoms with E-state index in [1.807, 2.05) is 0 Å². The molecule has 2 aromatic rings. The number of hydrogen-bond donors (Lipinski definition) is 1. The molecule has 1 aromatic heterocycles. The molecule has 0 unspecified atom stereocenters. The number of pyridine rings is 1. The van der Waals surface area contributed by atoms with Crippen LogP contribution in [-0.4, -0.2) is 10.9 Å². The third-order valence-electron chi connectivity index (χ3n) is 2.51. The van der Waals surface area contributed by atoms with Gasteiger partial charge in [0.1, 0.15) is 0 Å². The number of anilines is 1. The summed E-state index contributed by atoms with van der Waals surface area (Å²) in [5.74, 6) is -5.64. The lowest BCUT2D eigenvalue weighted by atomic mass is 10.2. The summed E-state index contributed by atoms with van der Waals surface area (Å²) >= 11 is 2.08. The fourth-order valence-corrected chi connectivity index (χ4v) is 1.86. The highest BCUT2D eigenvalue weighted by Gasteiger charge is 2.23. The maximum absolute atomic E-state index is 13.5. The Labute approximate surface area is 126 Å². The van der Waals surface area contributed by atoms with E-state index in [1.165, 1.54) is 0 Å². The van der Waals surface area contributed by atoms with Gasteiger partial charge in [-0.25, -0.2) is 18.2 Å². The summed E-state index contributed by atoms with van der Waals surface area (Å²) < 4.78 is 40.8. The zero-order valence-electron chi connectivity index (χ0n) is 10.2. The van der Waals surface area contributed by atoms with Crippen LogP contribution in [0.1, 0.15) is 16.2 Å². The molecular formula is C13H8F3IN2O. The highest BCUT2D eigenvalue weighted by Crippen LogP contribution is 2.18. The Balaban J connectivity index is 2.32. The van der Waals surface area contributed by atoms with Crippen LogP contribution in [0.2, 0.25) is 0 Å². The predicted molar refractivity (Wildman–Crippen MR) is 76.0 cm³/mol. The highest BCUT2D eigenvalue weighted by molar-refractivity contribution is 14.1. The molecule has 0 atom stereocenters. The number of carbonyl (C=O) groups excluding carboxylic acids is 1. The summed E-state index contributed by atoms with van der Waals surface area (Å²) in [5.41, 5.74) is -0.754. The molecule has 0 bridgehead atoms. The van der Waals surface area contributed by atoms with E-state index in [-0.39, 0.29) is 5.69 Å². The predicted octanol–water partition coefficient (Wildman–Crippen LogP) is 3.66. The molecule has 0 saturated heterocycles. The minimum absolute atomic E-state index is 0.378. The fourth-order valence-electron chi connectivity index (χ4n) is 1.50. The number of aromatic nitrogens is 1. The van der Waals surface area contributed by atoms with E-state index < -0.39 is 29.1 Å². The van der Waals surface area contributed by atoms with Gasteiger partial charge in [-0.1, -0.05) is 0 Å². The lowest BCUT2D eigenvalue weighted by molar-refractivity contribution is 0.101. The van der Waals surface area contributed by atoms with Crippen molar-refractivity contribution in [2.24, 2.45) is 0 Å². The van der Waals surface area contributed by atoms with E-state index in [9.17, 15) is 18.0 Å². The molecule has 0 fully saturated rings. The molecule has 104 valence electrons. The Bertz CT molecular complexity index is 674. The molecule has 0 spiro atoms. The quantitative estimate of drug-likeness (QED) is 0.793. The molecule has 1 N–H and O–H groups in total. The van der Waals surface area contributed by atoms with Crippen LogP contribution in [-0.2, 0) is 0 Å². The van der Waals surface area contributed by atoms with Crippen molar-refractivity contribution in [1.82, 2.24) is 4.98 Å². The summed E-state index contributed by atoms with van der Waals surface area (Å²) in [6.07, 6.45) is 0. The zero-order chi connectivity index (χ0) is 14.9. The van der Waals surface area contributed by atoms with Gasteiger partial charge >= 0.3 is 0 Å². The van der Waals surface area contributed by atoms with E-state index >= 15 is 0 Å². The van der Waals surface area contributed by atoms with Gasteiger partial charge in [0.25, 0.3) is 5.91 Å². The van der Waals surface area contributed by atoms with E-state index in [0.29, 0.717) is 5.69 Å². The van der Waals surface area contributed by atoms with Crippen LogP contribution in [0.25, 0.3) is 0 Å². The number of benzene rings is 1. The summed E-state index contributed by atoms with van der Waals surface area (Å²) in [6, 6.07) is 6.67. The maximum Gasteiger partial charge on any atom is 0.277 e. The van der Waals surface area contributed by atoms with Gasteiger partial charge in [0.05, 0.1) is 5.69 Å². The van der Waals surface area contributed by atoms with Crippen LogP contribution in [0.4, 0.5) is 18.9 Å². The standard InChI is InChI=1S/C13H8F3IN2O/c1-6-9(14)10(15)11(16)12(18-6)13(20)19-8-4-2-7(17)3-5-8/h2-5H,1H3,(H,19,20). The Kier molecular flexibility index (Phi) is 4.26. The number of amides is 1. The Morgan fingerprint density at radius 2 is 1.70 bits per heavy atom. The zero-order valence-corrected chi connectivity index (χ0v) is 12.3. The van der Waals surface area contributed by atoms with Gasteiger partial charge in [-0.2, -0.15) is 0 Å². The van der Waals surface area contributed by atoms with Gasteiger partial charge in [0, 0.05) is 9.26 Å². The summed E-state index contributed by atoms with van der Waals surface area (Å²) in [6.45, 7) is 1.15. The van der Waals surface area contributed by atoms with Crippen molar-refractivity contribution in [2.75, 3.05) is 5.32 Å². The van der Waals surface area contributed by atoms with Crippen LogP contribution in [0.5, 0.6) is 0 Å². The summed E-state index contributed by atoms with van der Waals surface area (Å²) in [4.78, 5) is 15.3. The summed E-state index contributed by atoms with van der Waals surface area (Å²) in [5, 5.41) is 2.37. The van der Waals surface area contributed by atoms with Crippen LogP contribution in [0, 0.1) is 27.9 Å². The lowest BCUT2D eigenvalue weighted by Gasteiger charge is -2.07. The van der Waals surface area contributed by atoms with Gasteiger partial charge in [-0.05, 0) is 53.8 Å². The second kappa shape index (κ2) is 5.78. The molecule has 0 aliphatic carbocycles. The number of rotatable bonds is 2. The number of aryl methyl sites for hydroxylation is 1. The van der Waals surface area contributed by atoms with Crippen LogP contribution >= 0.6 is 22.6 Å². The lowest BCUT2D eigenvalue weighted by Crippen LogP contribution is -2.18. The first kappa shape index (κ1) is 14.8. The molecular weight excluding hydrogens is 384 g/mol. The van der Waals surface area contributed by atoms with Crippen molar-refractivity contribution in [3.63, 3.8) is 0 Å². The monoisotopic (exact) mass is 392 g/mol. The average Bonchev–Trinajstić information content (AvgIpc) is 2.43. The highest BCUT2D eigenvalue weighted by atomic mass is 127. The SMILES string of the molecule is Cc1nc(C(=O)Nc2ccc(I)cc2)c(F)c(F)c1F. The minimum Gasteiger partial charge on any atom is -0.321 e. The number of nitrogens with zero attached hydrogens (tertiary/aromatic N) is 1. The minimum atomic E-state index is -1.70. The van der Waals surface area contributed by atoms with Gasteiger partial charge in [0.2, 0.25) is 0 Å². The van der Waals surface area contributed by atoms with E-state index in [1.54, 1.807) is 24.3 Å². The van der Waals surface area contributed by atoms with Crippen molar-refractivity contribution in [3.8, 4) is 0 Å². The Morgan fingerprint density at radius 1 is 1.10 bits per heavy atom. The molecule has 3 nitrogen and oxygen atoms in total. The van der Waals surface area contributed by atoms with Gasteiger partial charge < -0.3 is 5.32 Å². The van der Waals surface area contributed by atoms with Crippen LogP contribution < -0.4 is 5.32 Å². The third kappa shape index (κ3) is 2.92. The Hall–Kier alpha value is -1.64. The number of halogens is 4. The van der Waals surface area contributed by atoms with Crippen molar-refractivity contribution in [1.29, 1.82) is 0 Å². The van der Waals surface area contributed by atoms with Crippen molar-refractivity contribution >= 4 is 34.2 Å². The van der Waals surface area contributed by atoms with Crippen LogP contribution in [0.15, 0.2) is 24.3 Å². The van der Waals surface area contributed by atoms with Crippen molar-refractivity contribution < 1.29 is 18.0 Å². The maximum atomic E-state index is 13.5. The Morgan fingerprint density at radius 3 is 2.30 bits per heavy atom. The molecule has 7 heteroatoms. The van der Waals surface area contributed by atoms with E-state index in [2.05, 4.69) is 32.9 Å². The molecule has 0 aliphatic rings. The first-order chi connectivity index (χ1) is 9.40. The van der Waals surface area contributed by atoms with Gasteiger partial charge in [-0.15, -0.1) is 0 Å². The molecule has 0 saturated carbocycles. The van der Waals surface area contributed by atoms with Crippen molar-refractivity contribution in [2.45, 2.75) is 6.92 Å². The van der Waals surface area contributed by atoms with Gasteiger partial charge in [0.15, 0.2) is 23.1 Å². The van der Waals surface area contributed by atoms with E-state index in [0.717, 1.165) is 10.5 Å². The molecule has 20 heavy (non-hydrogen) atoms. The smallest absolute Gasteiger partial charge is 0.277 e. The normalized spacial score (nSPS) is 10.4. The van der Waals surface area contributed by atoms with E-state index in [4.69, 9.17) is 0 Å². The number of hydrogen-bond acceptors (Lipinski definition) is 2.